The molecule has 108 valence electrons. The van der Waals surface area contributed by atoms with Crippen LogP contribution in [-0.2, 0) is 24.2 Å². The third-order valence-electron chi connectivity index (χ3n) is 3.63. The fourth-order valence-electron chi connectivity index (χ4n) is 2.61. The number of aliphatic carboxylic acids is 1. The molecule has 0 saturated carbocycles. The Morgan fingerprint density at radius 1 is 1.29 bits per heavy atom. The van der Waals surface area contributed by atoms with Gasteiger partial charge in [-0.2, -0.15) is 0 Å². The van der Waals surface area contributed by atoms with Crippen LogP contribution >= 0.6 is 0 Å². The van der Waals surface area contributed by atoms with Gasteiger partial charge in [-0.1, -0.05) is 30.3 Å². The van der Waals surface area contributed by atoms with Crippen LogP contribution in [0, 0.1) is 0 Å². The number of carboxylic acids is 1. The standard InChI is InChI=1S/C16H17N3O2/c20-16(21)11-19-7-6-14-13(10-19)9-17-15(18-14)8-12-4-2-1-3-5-12/h1-5,9H,6-8,10-11H2,(H,20,21). The monoisotopic (exact) mass is 283 g/mol. The zero-order valence-electron chi connectivity index (χ0n) is 11.7. The molecule has 2 aromatic rings. The van der Waals surface area contributed by atoms with Crippen molar-refractivity contribution >= 4 is 5.97 Å². The highest BCUT2D eigenvalue weighted by molar-refractivity contribution is 5.69. The number of rotatable bonds is 4. The maximum absolute atomic E-state index is 10.8. The average molecular weight is 283 g/mol. The van der Waals surface area contributed by atoms with Crippen molar-refractivity contribution in [3.63, 3.8) is 0 Å². The molecular formula is C16H17N3O2. The van der Waals surface area contributed by atoms with Gasteiger partial charge in [-0.05, 0) is 5.56 Å². The molecule has 0 spiro atoms. The van der Waals surface area contributed by atoms with Crippen molar-refractivity contribution in [3.8, 4) is 0 Å². The van der Waals surface area contributed by atoms with Gasteiger partial charge in [-0.15, -0.1) is 0 Å². The molecule has 1 aromatic carbocycles. The normalized spacial score (nSPS) is 14.7. The summed E-state index contributed by atoms with van der Waals surface area (Å²) in [5.41, 5.74) is 3.29. The summed E-state index contributed by atoms with van der Waals surface area (Å²) >= 11 is 0. The number of fused-ring (bicyclic) bond motifs is 1. The van der Waals surface area contributed by atoms with E-state index >= 15 is 0 Å². The molecule has 3 rings (SSSR count). The molecule has 1 aliphatic heterocycles. The fourth-order valence-corrected chi connectivity index (χ4v) is 2.61. The molecule has 2 heterocycles. The van der Waals surface area contributed by atoms with E-state index in [1.165, 1.54) is 5.56 Å². The number of benzene rings is 1. The van der Waals surface area contributed by atoms with Crippen molar-refractivity contribution in [1.82, 2.24) is 14.9 Å². The molecule has 0 fully saturated rings. The van der Waals surface area contributed by atoms with Gasteiger partial charge in [-0.3, -0.25) is 9.69 Å². The molecule has 0 atom stereocenters. The highest BCUT2D eigenvalue weighted by atomic mass is 16.4. The molecule has 0 saturated heterocycles. The predicted octanol–water partition coefficient (Wildman–Crippen LogP) is 1.51. The van der Waals surface area contributed by atoms with Crippen molar-refractivity contribution in [2.24, 2.45) is 0 Å². The van der Waals surface area contributed by atoms with Gasteiger partial charge in [0.2, 0.25) is 0 Å². The predicted molar refractivity (Wildman–Crippen MR) is 77.9 cm³/mol. The second-order valence-electron chi connectivity index (χ2n) is 5.27. The van der Waals surface area contributed by atoms with E-state index in [-0.39, 0.29) is 6.54 Å². The Kier molecular flexibility index (Phi) is 3.92. The minimum absolute atomic E-state index is 0.0746. The van der Waals surface area contributed by atoms with Crippen molar-refractivity contribution in [3.05, 3.63) is 59.2 Å². The van der Waals surface area contributed by atoms with E-state index in [1.807, 2.05) is 29.3 Å². The van der Waals surface area contributed by atoms with Crippen LogP contribution in [0.15, 0.2) is 36.5 Å². The summed E-state index contributed by atoms with van der Waals surface area (Å²) in [6, 6.07) is 10.2. The van der Waals surface area contributed by atoms with E-state index in [2.05, 4.69) is 22.1 Å². The van der Waals surface area contributed by atoms with Gasteiger partial charge in [0.05, 0.1) is 6.54 Å². The van der Waals surface area contributed by atoms with Gasteiger partial charge in [0.25, 0.3) is 0 Å². The lowest BCUT2D eigenvalue weighted by atomic mass is 10.1. The van der Waals surface area contributed by atoms with E-state index in [0.717, 1.165) is 36.5 Å². The Bertz CT molecular complexity index is 643. The van der Waals surface area contributed by atoms with E-state index in [9.17, 15) is 4.79 Å². The van der Waals surface area contributed by atoms with Crippen LogP contribution in [0.4, 0.5) is 0 Å². The third-order valence-corrected chi connectivity index (χ3v) is 3.63. The Morgan fingerprint density at radius 2 is 2.10 bits per heavy atom. The van der Waals surface area contributed by atoms with Crippen LogP contribution in [0.3, 0.4) is 0 Å². The molecule has 0 radical (unpaired) electrons. The topological polar surface area (TPSA) is 66.3 Å². The van der Waals surface area contributed by atoms with Gasteiger partial charge < -0.3 is 5.11 Å². The first-order valence-corrected chi connectivity index (χ1v) is 7.02. The Hall–Kier alpha value is -2.27. The SMILES string of the molecule is O=C(O)CN1CCc2nc(Cc3ccccc3)ncc2C1. The minimum Gasteiger partial charge on any atom is -0.480 e. The molecule has 21 heavy (non-hydrogen) atoms. The number of hydrogen-bond acceptors (Lipinski definition) is 4. The lowest BCUT2D eigenvalue weighted by molar-refractivity contribution is -0.138. The smallest absolute Gasteiger partial charge is 0.317 e. The van der Waals surface area contributed by atoms with E-state index in [4.69, 9.17) is 5.11 Å². The molecule has 0 unspecified atom stereocenters. The van der Waals surface area contributed by atoms with Crippen molar-refractivity contribution < 1.29 is 9.90 Å². The van der Waals surface area contributed by atoms with Crippen LogP contribution in [0.1, 0.15) is 22.6 Å². The largest absolute Gasteiger partial charge is 0.480 e. The van der Waals surface area contributed by atoms with Crippen LogP contribution in [0.2, 0.25) is 0 Å². The molecule has 0 aliphatic carbocycles. The number of hydrogen-bond donors (Lipinski definition) is 1. The van der Waals surface area contributed by atoms with Crippen LogP contribution in [0.25, 0.3) is 0 Å². The van der Waals surface area contributed by atoms with E-state index < -0.39 is 5.97 Å². The molecule has 1 N–H and O–H groups in total. The summed E-state index contributed by atoms with van der Waals surface area (Å²) in [7, 11) is 0. The molecule has 5 nitrogen and oxygen atoms in total. The number of nitrogens with zero attached hydrogens (tertiary/aromatic N) is 3. The Labute approximate surface area is 123 Å². The maximum atomic E-state index is 10.8. The highest BCUT2D eigenvalue weighted by Crippen LogP contribution is 2.17. The second-order valence-corrected chi connectivity index (χ2v) is 5.27. The lowest BCUT2D eigenvalue weighted by Crippen LogP contribution is -2.35. The van der Waals surface area contributed by atoms with Gasteiger partial charge >= 0.3 is 5.97 Å². The van der Waals surface area contributed by atoms with Gasteiger partial charge in [0, 0.05) is 43.4 Å². The minimum atomic E-state index is -0.792. The number of aromatic nitrogens is 2. The zero-order valence-corrected chi connectivity index (χ0v) is 11.7. The summed E-state index contributed by atoms with van der Waals surface area (Å²) in [5.74, 6) is 0.0340. The summed E-state index contributed by atoms with van der Waals surface area (Å²) < 4.78 is 0. The summed E-state index contributed by atoms with van der Waals surface area (Å²) in [6.07, 6.45) is 3.36. The third kappa shape index (κ3) is 3.44. The quantitative estimate of drug-likeness (QED) is 0.921. The zero-order chi connectivity index (χ0) is 14.7. The highest BCUT2D eigenvalue weighted by Gasteiger charge is 2.19. The molecule has 1 aromatic heterocycles. The van der Waals surface area contributed by atoms with Gasteiger partial charge in [-0.25, -0.2) is 9.97 Å². The molecular weight excluding hydrogens is 266 g/mol. The van der Waals surface area contributed by atoms with Gasteiger partial charge in [0.15, 0.2) is 0 Å². The fraction of sp³-hybridized carbons (Fsp3) is 0.312. The van der Waals surface area contributed by atoms with Crippen molar-refractivity contribution in [1.29, 1.82) is 0 Å². The summed E-state index contributed by atoms with van der Waals surface area (Å²) in [4.78, 5) is 21.7. The first-order valence-electron chi connectivity index (χ1n) is 7.02. The lowest BCUT2D eigenvalue weighted by Gasteiger charge is -2.26. The first kappa shape index (κ1) is 13.7. The van der Waals surface area contributed by atoms with Gasteiger partial charge in [0.1, 0.15) is 5.82 Å². The first-order chi connectivity index (χ1) is 10.2. The van der Waals surface area contributed by atoms with E-state index in [0.29, 0.717) is 6.54 Å². The average Bonchev–Trinajstić information content (AvgIpc) is 2.48. The summed E-state index contributed by atoms with van der Waals surface area (Å²) in [5, 5.41) is 8.85. The number of carbonyl (C=O) groups is 1. The Balaban J connectivity index is 1.73. The van der Waals surface area contributed by atoms with Crippen molar-refractivity contribution in [2.75, 3.05) is 13.1 Å². The Morgan fingerprint density at radius 3 is 2.86 bits per heavy atom. The summed E-state index contributed by atoms with van der Waals surface area (Å²) in [6.45, 7) is 1.43. The van der Waals surface area contributed by atoms with Crippen molar-refractivity contribution in [2.45, 2.75) is 19.4 Å². The van der Waals surface area contributed by atoms with Crippen LogP contribution < -0.4 is 0 Å². The molecule has 0 bridgehead atoms. The van der Waals surface area contributed by atoms with Crippen LogP contribution in [-0.4, -0.2) is 39.0 Å². The maximum Gasteiger partial charge on any atom is 0.317 e. The van der Waals surface area contributed by atoms with Crippen LogP contribution in [0.5, 0.6) is 0 Å². The molecule has 1 aliphatic rings. The molecule has 0 amide bonds. The van der Waals surface area contributed by atoms with E-state index in [1.54, 1.807) is 0 Å². The number of carboxylic acid groups (broad SMARTS) is 1. The molecule has 5 heteroatoms. The second kappa shape index (κ2) is 6.01.